The summed E-state index contributed by atoms with van der Waals surface area (Å²) in [7, 11) is 1.49. The summed E-state index contributed by atoms with van der Waals surface area (Å²) < 4.78 is 10.8. The molecule has 2 aromatic rings. The van der Waals surface area contributed by atoms with E-state index in [1.165, 1.54) is 13.3 Å². The van der Waals surface area contributed by atoms with Gasteiger partial charge < -0.3 is 14.6 Å². The van der Waals surface area contributed by atoms with Crippen LogP contribution in [0.1, 0.15) is 17.3 Å². The van der Waals surface area contributed by atoms with E-state index in [9.17, 15) is 9.90 Å². The SMILES string of the molecule is CCOC(=O)c1cnc2c(Br)ccc(OC)c2c1O. The van der Waals surface area contributed by atoms with Gasteiger partial charge in [-0.3, -0.25) is 4.98 Å². The number of hydrogen-bond acceptors (Lipinski definition) is 5. The van der Waals surface area contributed by atoms with Gasteiger partial charge in [0.15, 0.2) is 0 Å². The highest BCUT2D eigenvalue weighted by Crippen LogP contribution is 2.38. The Labute approximate surface area is 118 Å². The minimum absolute atomic E-state index is 0.0192. The number of nitrogens with zero attached hydrogens (tertiary/aromatic N) is 1. The van der Waals surface area contributed by atoms with Crippen molar-refractivity contribution in [3.63, 3.8) is 0 Å². The van der Waals surface area contributed by atoms with Crippen LogP contribution in [0.5, 0.6) is 11.5 Å². The van der Waals surface area contributed by atoms with Crippen molar-refractivity contribution >= 4 is 32.8 Å². The molecule has 0 fully saturated rings. The summed E-state index contributed by atoms with van der Waals surface area (Å²) in [5, 5.41) is 10.6. The number of aromatic hydroxyl groups is 1. The van der Waals surface area contributed by atoms with E-state index in [0.29, 0.717) is 21.1 Å². The second-order valence-corrected chi connectivity index (χ2v) is 4.57. The minimum atomic E-state index is -0.614. The molecule has 0 bridgehead atoms. The van der Waals surface area contributed by atoms with Crippen molar-refractivity contribution in [1.29, 1.82) is 0 Å². The predicted molar refractivity (Wildman–Crippen MR) is 73.6 cm³/mol. The maximum absolute atomic E-state index is 11.7. The van der Waals surface area contributed by atoms with E-state index in [-0.39, 0.29) is 17.9 Å². The number of ether oxygens (including phenoxy) is 2. The molecule has 0 radical (unpaired) electrons. The Morgan fingerprint density at radius 2 is 2.21 bits per heavy atom. The molecular formula is C13H12BrNO4. The molecule has 0 aliphatic heterocycles. The molecule has 6 heteroatoms. The molecule has 0 atom stereocenters. The lowest BCUT2D eigenvalue weighted by atomic mass is 10.1. The first kappa shape index (κ1) is 13.6. The van der Waals surface area contributed by atoms with Gasteiger partial charge in [0.1, 0.15) is 17.1 Å². The molecule has 2 rings (SSSR count). The van der Waals surface area contributed by atoms with Gasteiger partial charge in [-0.1, -0.05) is 0 Å². The topological polar surface area (TPSA) is 68.7 Å². The summed E-state index contributed by atoms with van der Waals surface area (Å²) in [4.78, 5) is 15.9. The fraction of sp³-hybridized carbons (Fsp3) is 0.231. The third-order valence-electron chi connectivity index (χ3n) is 2.62. The number of halogens is 1. The second kappa shape index (κ2) is 5.44. The van der Waals surface area contributed by atoms with Crippen molar-refractivity contribution in [3.05, 3.63) is 28.4 Å². The summed E-state index contributed by atoms with van der Waals surface area (Å²) in [6, 6.07) is 3.44. The average Bonchev–Trinajstić information content (AvgIpc) is 2.40. The van der Waals surface area contributed by atoms with Crippen LogP contribution < -0.4 is 4.74 Å². The Morgan fingerprint density at radius 1 is 1.47 bits per heavy atom. The quantitative estimate of drug-likeness (QED) is 0.879. The lowest BCUT2D eigenvalue weighted by Gasteiger charge is -2.11. The zero-order valence-corrected chi connectivity index (χ0v) is 12.0. The van der Waals surface area contributed by atoms with E-state index in [0.717, 1.165) is 0 Å². The van der Waals surface area contributed by atoms with Gasteiger partial charge in [-0.25, -0.2) is 4.79 Å². The molecule has 0 saturated heterocycles. The standard InChI is InChI=1S/C13H12BrNO4/c1-3-19-13(17)7-6-15-11-8(14)4-5-9(18-2)10(11)12(7)16/h4-6H,3H2,1-2H3,(H,15,16). The van der Waals surface area contributed by atoms with Crippen LogP contribution in [0.3, 0.4) is 0 Å². The van der Waals surface area contributed by atoms with Gasteiger partial charge in [0, 0.05) is 10.7 Å². The molecule has 1 heterocycles. The van der Waals surface area contributed by atoms with E-state index >= 15 is 0 Å². The third kappa shape index (κ3) is 2.35. The number of esters is 1. The molecule has 0 saturated carbocycles. The molecule has 5 nitrogen and oxygen atoms in total. The van der Waals surface area contributed by atoms with E-state index in [1.807, 2.05) is 0 Å². The van der Waals surface area contributed by atoms with Crippen LogP contribution in [0.15, 0.2) is 22.8 Å². The van der Waals surface area contributed by atoms with Crippen molar-refractivity contribution in [2.45, 2.75) is 6.92 Å². The fourth-order valence-electron chi connectivity index (χ4n) is 1.76. The molecule has 0 amide bonds. The van der Waals surface area contributed by atoms with Crippen LogP contribution >= 0.6 is 15.9 Å². The highest BCUT2D eigenvalue weighted by Gasteiger charge is 2.19. The van der Waals surface area contributed by atoms with Crippen molar-refractivity contribution in [3.8, 4) is 11.5 Å². The van der Waals surface area contributed by atoms with E-state index in [1.54, 1.807) is 19.1 Å². The lowest BCUT2D eigenvalue weighted by molar-refractivity contribution is 0.0523. The monoisotopic (exact) mass is 325 g/mol. The Morgan fingerprint density at radius 3 is 2.84 bits per heavy atom. The Hall–Kier alpha value is -1.82. The molecule has 1 N–H and O–H groups in total. The van der Waals surface area contributed by atoms with Gasteiger partial charge >= 0.3 is 5.97 Å². The Balaban J connectivity index is 2.73. The summed E-state index contributed by atoms with van der Waals surface area (Å²) in [6.07, 6.45) is 1.29. The van der Waals surface area contributed by atoms with Gasteiger partial charge in [-0.2, -0.15) is 0 Å². The van der Waals surface area contributed by atoms with Gasteiger partial charge in [0.2, 0.25) is 0 Å². The van der Waals surface area contributed by atoms with E-state index in [2.05, 4.69) is 20.9 Å². The van der Waals surface area contributed by atoms with Gasteiger partial charge in [-0.05, 0) is 35.0 Å². The number of hydrogen-bond donors (Lipinski definition) is 1. The third-order valence-corrected chi connectivity index (χ3v) is 3.26. The molecule has 0 unspecified atom stereocenters. The first-order valence-electron chi connectivity index (χ1n) is 5.61. The number of aromatic nitrogens is 1. The first-order valence-corrected chi connectivity index (χ1v) is 6.40. The maximum Gasteiger partial charge on any atom is 0.343 e. The molecule has 1 aromatic carbocycles. The van der Waals surface area contributed by atoms with Gasteiger partial charge in [0.05, 0.1) is 24.6 Å². The Bertz CT molecular complexity index is 642. The zero-order valence-electron chi connectivity index (χ0n) is 10.4. The van der Waals surface area contributed by atoms with Crippen LogP contribution in [-0.4, -0.2) is 29.8 Å². The lowest BCUT2D eigenvalue weighted by Crippen LogP contribution is -2.06. The summed E-state index contributed by atoms with van der Waals surface area (Å²) >= 11 is 3.34. The van der Waals surface area contributed by atoms with Crippen LogP contribution in [0, 0.1) is 0 Å². The molecular weight excluding hydrogens is 314 g/mol. The highest BCUT2D eigenvalue weighted by atomic mass is 79.9. The van der Waals surface area contributed by atoms with E-state index in [4.69, 9.17) is 9.47 Å². The van der Waals surface area contributed by atoms with Crippen molar-refractivity contribution in [1.82, 2.24) is 4.98 Å². The molecule has 0 spiro atoms. The number of carbonyl (C=O) groups excluding carboxylic acids is 1. The summed E-state index contributed by atoms with van der Waals surface area (Å²) in [6.45, 7) is 1.92. The number of fused-ring (bicyclic) bond motifs is 1. The van der Waals surface area contributed by atoms with Crippen LogP contribution in [-0.2, 0) is 4.74 Å². The number of carbonyl (C=O) groups is 1. The van der Waals surface area contributed by atoms with Crippen molar-refractivity contribution < 1.29 is 19.4 Å². The normalized spacial score (nSPS) is 10.5. The number of rotatable bonds is 3. The van der Waals surface area contributed by atoms with Crippen molar-refractivity contribution in [2.24, 2.45) is 0 Å². The predicted octanol–water partition coefficient (Wildman–Crippen LogP) is 2.89. The average molecular weight is 326 g/mol. The second-order valence-electron chi connectivity index (χ2n) is 3.71. The molecule has 1 aromatic heterocycles. The first-order chi connectivity index (χ1) is 9.10. The molecule has 100 valence electrons. The van der Waals surface area contributed by atoms with Crippen LogP contribution in [0.2, 0.25) is 0 Å². The molecule has 0 aliphatic carbocycles. The largest absolute Gasteiger partial charge is 0.506 e. The molecule has 0 aliphatic rings. The van der Waals surface area contributed by atoms with E-state index < -0.39 is 5.97 Å². The number of methoxy groups -OCH3 is 1. The maximum atomic E-state index is 11.7. The number of benzene rings is 1. The minimum Gasteiger partial charge on any atom is -0.506 e. The van der Waals surface area contributed by atoms with Crippen LogP contribution in [0.25, 0.3) is 10.9 Å². The number of pyridine rings is 1. The fourth-order valence-corrected chi connectivity index (χ4v) is 2.19. The summed E-state index contributed by atoms with van der Waals surface area (Å²) in [5.41, 5.74) is 0.538. The van der Waals surface area contributed by atoms with Crippen molar-refractivity contribution in [2.75, 3.05) is 13.7 Å². The van der Waals surface area contributed by atoms with Crippen LogP contribution in [0.4, 0.5) is 0 Å². The smallest absolute Gasteiger partial charge is 0.343 e. The highest BCUT2D eigenvalue weighted by molar-refractivity contribution is 9.10. The summed E-state index contributed by atoms with van der Waals surface area (Å²) in [5.74, 6) is -0.368. The molecule has 19 heavy (non-hydrogen) atoms. The van der Waals surface area contributed by atoms with Gasteiger partial charge in [-0.15, -0.1) is 0 Å². The van der Waals surface area contributed by atoms with Gasteiger partial charge in [0.25, 0.3) is 0 Å². The Kier molecular flexibility index (Phi) is 3.90. The zero-order chi connectivity index (χ0) is 14.0.